The van der Waals surface area contributed by atoms with E-state index in [0.29, 0.717) is 23.3 Å². The average molecular weight is 393 g/mol. The molecule has 0 bridgehead atoms. The van der Waals surface area contributed by atoms with E-state index in [0.717, 1.165) is 16.7 Å². The van der Waals surface area contributed by atoms with Gasteiger partial charge in [-0.05, 0) is 36.8 Å². The maximum Gasteiger partial charge on any atom is 0.317 e. The molecule has 0 spiro atoms. The van der Waals surface area contributed by atoms with E-state index in [-0.39, 0.29) is 5.76 Å². The van der Waals surface area contributed by atoms with Gasteiger partial charge in [0.05, 0.1) is 6.26 Å². The van der Waals surface area contributed by atoms with E-state index < -0.39 is 5.91 Å². The highest BCUT2D eigenvalue weighted by Gasteiger charge is 2.20. The van der Waals surface area contributed by atoms with Crippen LogP contribution in [-0.2, 0) is 6.54 Å². The van der Waals surface area contributed by atoms with Gasteiger partial charge in [-0.1, -0.05) is 53.6 Å². The second-order valence-electron chi connectivity index (χ2n) is 6.30. The van der Waals surface area contributed by atoms with Crippen LogP contribution < -0.4 is 5.32 Å². The van der Waals surface area contributed by atoms with Gasteiger partial charge < -0.3 is 9.73 Å². The molecule has 2 aromatic carbocycles. The maximum atomic E-state index is 12.8. The number of nitrogens with one attached hydrogen (secondary N) is 1. The second kappa shape index (κ2) is 7.70. The lowest BCUT2D eigenvalue weighted by Gasteiger charge is -2.06. The van der Waals surface area contributed by atoms with Crippen molar-refractivity contribution in [2.24, 2.45) is 0 Å². The summed E-state index contributed by atoms with van der Waals surface area (Å²) in [6.45, 7) is 2.48. The predicted octanol–water partition coefficient (Wildman–Crippen LogP) is 4.80. The number of carbonyl (C=O) groups excluding carboxylic acids is 1. The van der Waals surface area contributed by atoms with Gasteiger partial charge in [0.25, 0.3) is 0 Å². The molecular weight excluding hydrogens is 376 g/mol. The molecule has 140 valence electrons. The monoisotopic (exact) mass is 392 g/mol. The van der Waals surface area contributed by atoms with Gasteiger partial charge in [-0.25, -0.2) is 0 Å². The van der Waals surface area contributed by atoms with Crippen LogP contribution in [0.25, 0.3) is 11.4 Å². The minimum atomic E-state index is -0.394. The molecule has 4 rings (SSSR count). The SMILES string of the molecule is Cc1ccc(-c2nc(NCc3ccc(Cl)cc3)n(C(=O)c3ccco3)n2)cc1. The first kappa shape index (κ1) is 18.0. The van der Waals surface area contributed by atoms with Gasteiger partial charge in [0.15, 0.2) is 11.6 Å². The van der Waals surface area contributed by atoms with Gasteiger partial charge in [-0.3, -0.25) is 4.79 Å². The summed E-state index contributed by atoms with van der Waals surface area (Å²) < 4.78 is 6.46. The number of anilines is 1. The summed E-state index contributed by atoms with van der Waals surface area (Å²) in [5.41, 5.74) is 2.96. The molecule has 0 radical (unpaired) electrons. The molecule has 1 N–H and O–H groups in total. The fourth-order valence-electron chi connectivity index (χ4n) is 2.68. The highest BCUT2D eigenvalue weighted by Crippen LogP contribution is 2.20. The van der Waals surface area contributed by atoms with Crippen molar-refractivity contribution in [1.82, 2.24) is 14.8 Å². The molecular formula is C21H17ClN4O2. The van der Waals surface area contributed by atoms with Crippen molar-refractivity contribution >= 4 is 23.5 Å². The van der Waals surface area contributed by atoms with Crippen LogP contribution in [0.5, 0.6) is 0 Å². The number of hydrogen-bond donors (Lipinski definition) is 1. The Morgan fingerprint density at radius 1 is 1.11 bits per heavy atom. The van der Waals surface area contributed by atoms with Crippen LogP contribution in [0.1, 0.15) is 21.7 Å². The highest BCUT2D eigenvalue weighted by atomic mass is 35.5. The van der Waals surface area contributed by atoms with E-state index in [2.05, 4.69) is 15.4 Å². The number of aryl methyl sites for hydroxylation is 1. The number of rotatable bonds is 5. The standard InChI is InChI=1S/C21H17ClN4O2/c1-14-4-8-16(9-5-14)19-24-21(23-13-15-6-10-17(22)11-7-15)26(25-19)20(27)18-3-2-12-28-18/h2-12H,13H2,1H3,(H,23,24,25). The zero-order valence-corrected chi connectivity index (χ0v) is 15.8. The summed E-state index contributed by atoms with van der Waals surface area (Å²) in [5.74, 6) is 0.592. The number of hydrogen-bond acceptors (Lipinski definition) is 5. The van der Waals surface area contributed by atoms with E-state index in [9.17, 15) is 4.79 Å². The van der Waals surface area contributed by atoms with Crippen LogP contribution in [0, 0.1) is 6.92 Å². The fourth-order valence-corrected chi connectivity index (χ4v) is 2.81. The molecule has 4 aromatic rings. The van der Waals surface area contributed by atoms with E-state index in [1.165, 1.54) is 10.9 Å². The molecule has 0 saturated carbocycles. The molecule has 2 heterocycles. The largest absolute Gasteiger partial charge is 0.459 e. The molecule has 0 amide bonds. The van der Waals surface area contributed by atoms with Crippen LogP contribution >= 0.6 is 11.6 Å². The van der Waals surface area contributed by atoms with E-state index >= 15 is 0 Å². The van der Waals surface area contributed by atoms with Crippen LogP contribution in [0.2, 0.25) is 5.02 Å². The fraction of sp³-hybridized carbons (Fsp3) is 0.0952. The topological polar surface area (TPSA) is 73.0 Å². The molecule has 2 aromatic heterocycles. The minimum absolute atomic E-state index is 0.190. The predicted molar refractivity (Wildman–Crippen MR) is 107 cm³/mol. The number of furan rings is 1. The first-order valence-corrected chi connectivity index (χ1v) is 9.08. The van der Waals surface area contributed by atoms with Crippen molar-refractivity contribution in [2.45, 2.75) is 13.5 Å². The summed E-state index contributed by atoms with van der Waals surface area (Å²) in [6, 6.07) is 18.5. The zero-order chi connectivity index (χ0) is 19.5. The lowest BCUT2D eigenvalue weighted by Crippen LogP contribution is -2.17. The van der Waals surface area contributed by atoms with Crippen molar-refractivity contribution in [3.05, 3.63) is 88.8 Å². The Morgan fingerprint density at radius 2 is 1.86 bits per heavy atom. The van der Waals surface area contributed by atoms with Crippen molar-refractivity contribution in [3.63, 3.8) is 0 Å². The lowest BCUT2D eigenvalue weighted by molar-refractivity contribution is 0.0919. The Bertz CT molecular complexity index is 1080. The van der Waals surface area contributed by atoms with E-state index in [4.69, 9.17) is 16.0 Å². The summed E-state index contributed by atoms with van der Waals surface area (Å²) >= 11 is 5.93. The van der Waals surface area contributed by atoms with Crippen molar-refractivity contribution in [3.8, 4) is 11.4 Å². The smallest absolute Gasteiger partial charge is 0.317 e. The molecule has 0 atom stereocenters. The molecule has 6 nitrogen and oxygen atoms in total. The Hall–Kier alpha value is -3.38. The van der Waals surface area contributed by atoms with Gasteiger partial charge in [0.2, 0.25) is 5.95 Å². The Balaban J connectivity index is 1.66. The first-order chi connectivity index (χ1) is 13.6. The third-order valence-electron chi connectivity index (χ3n) is 4.21. The Morgan fingerprint density at radius 3 is 2.54 bits per heavy atom. The summed E-state index contributed by atoms with van der Waals surface area (Å²) in [7, 11) is 0. The van der Waals surface area contributed by atoms with E-state index in [1.807, 2.05) is 55.5 Å². The third-order valence-corrected chi connectivity index (χ3v) is 4.46. The molecule has 0 aliphatic rings. The number of benzene rings is 2. The van der Waals surface area contributed by atoms with Gasteiger partial charge in [0.1, 0.15) is 0 Å². The van der Waals surface area contributed by atoms with Crippen LogP contribution in [0.3, 0.4) is 0 Å². The molecule has 0 saturated heterocycles. The van der Waals surface area contributed by atoms with E-state index in [1.54, 1.807) is 12.1 Å². The average Bonchev–Trinajstić information content (AvgIpc) is 3.38. The quantitative estimate of drug-likeness (QED) is 0.528. The number of aromatic nitrogens is 3. The number of halogens is 1. The molecule has 7 heteroatoms. The lowest BCUT2D eigenvalue weighted by atomic mass is 10.1. The first-order valence-electron chi connectivity index (χ1n) is 8.71. The van der Waals surface area contributed by atoms with Crippen molar-refractivity contribution in [1.29, 1.82) is 0 Å². The molecule has 0 aliphatic heterocycles. The zero-order valence-electron chi connectivity index (χ0n) is 15.1. The third kappa shape index (κ3) is 3.82. The minimum Gasteiger partial charge on any atom is -0.459 e. The van der Waals surface area contributed by atoms with Crippen LogP contribution in [0.4, 0.5) is 5.95 Å². The van der Waals surface area contributed by atoms with Gasteiger partial charge in [-0.2, -0.15) is 9.67 Å². The summed E-state index contributed by atoms with van der Waals surface area (Å²) in [4.78, 5) is 17.3. The van der Waals surface area contributed by atoms with Crippen molar-refractivity contribution in [2.75, 3.05) is 5.32 Å². The molecule has 0 fully saturated rings. The number of nitrogens with zero attached hydrogens (tertiary/aromatic N) is 3. The van der Waals surface area contributed by atoms with Gasteiger partial charge in [0, 0.05) is 17.1 Å². The molecule has 28 heavy (non-hydrogen) atoms. The maximum absolute atomic E-state index is 12.8. The summed E-state index contributed by atoms with van der Waals surface area (Å²) in [5, 5.41) is 8.25. The van der Waals surface area contributed by atoms with Crippen LogP contribution in [-0.4, -0.2) is 20.7 Å². The van der Waals surface area contributed by atoms with Gasteiger partial charge in [-0.15, -0.1) is 5.10 Å². The Kier molecular flexibility index (Phi) is 4.95. The second-order valence-corrected chi connectivity index (χ2v) is 6.74. The summed E-state index contributed by atoms with van der Waals surface area (Å²) in [6.07, 6.45) is 1.45. The molecule has 0 unspecified atom stereocenters. The highest BCUT2D eigenvalue weighted by molar-refractivity contribution is 6.30. The Labute approximate surface area is 166 Å². The number of carbonyl (C=O) groups is 1. The molecule has 0 aliphatic carbocycles. The van der Waals surface area contributed by atoms with Crippen molar-refractivity contribution < 1.29 is 9.21 Å². The van der Waals surface area contributed by atoms with Crippen LogP contribution in [0.15, 0.2) is 71.3 Å². The normalized spacial score (nSPS) is 10.8. The van der Waals surface area contributed by atoms with Gasteiger partial charge >= 0.3 is 5.91 Å².